The average molecular weight is 218 g/mol. The number of carbonyl (C=O) groups excluding carboxylic acids is 1. The van der Waals surface area contributed by atoms with Crippen LogP contribution in [0.4, 0.5) is 0 Å². The number of hydrogen-bond donors (Lipinski definition) is 2. The summed E-state index contributed by atoms with van der Waals surface area (Å²) in [5.74, 6) is -0.293. The number of ether oxygens (including phenoxy) is 1. The number of H-pyrrole nitrogens is 1. The van der Waals surface area contributed by atoms with Crippen molar-refractivity contribution in [2.45, 2.75) is 12.5 Å². The maximum Gasteiger partial charge on any atom is 0.307 e. The van der Waals surface area contributed by atoms with Gasteiger partial charge in [-0.3, -0.25) is 4.79 Å². The van der Waals surface area contributed by atoms with E-state index >= 15 is 0 Å². The first-order valence-electron chi connectivity index (χ1n) is 5.10. The molecule has 1 atom stereocenters. The molecule has 0 unspecified atom stereocenters. The third-order valence-corrected chi connectivity index (χ3v) is 2.62. The smallest absolute Gasteiger partial charge is 0.307 e. The summed E-state index contributed by atoms with van der Waals surface area (Å²) in [4.78, 5) is 14.2. The zero-order valence-corrected chi connectivity index (χ0v) is 9.07. The summed E-state index contributed by atoms with van der Waals surface area (Å²) in [6.45, 7) is 0. The first kappa shape index (κ1) is 10.7. The van der Waals surface area contributed by atoms with Crippen molar-refractivity contribution < 1.29 is 9.53 Å². The lowest BCUT2D eigenvalue weighted by Crippen LogP contribution is -2.16. The molecule has 0 radical (unpaired) electrons. The summed E-state index contributed by atoms with van der Waals surface area (Å²) >= 11 is 0. The van der Waals surface area contributed by atoms with Crippen molar-refractivity contribution in [2.24, 2.45) is 5.73 Å². The molecular formula is C12H14N2O2. The molecule has 0 spiro atoms. The molecule has 0 saturated carbocycles. The SMILES string of the molecule is COC(=O)C[C@@H](N)c1ccc2cc[nH]c2c1. The van der Waals surface area contributed by atoms with Gasteiger partial charge in [0.05, 0.1) is 13.5 Å². The Bertz CT molecular complexity index is 504. The number of carbonyl (C=O) groups is 1. The van der Waals surface area contributed by atoms with E-state index in [1.54, 1.807) is 0 Å². The predicted molar refractivity (Wildman–Crippen MR) is 61.9 cm³/mol. The molecule has 0 aliphatic heterocycles. The number of aromatic nitrogens is 1. The second-order valence-electron chi connectivity index (χ2n) is 3.71. The number of rotatable bonds is 3. The van der Waals surface area contributed by atoms with Gasteiger partial charge < -0.3 is 15.5 Å². The van der Waals surface area contributed by atoms with Crippen molar-refractivity contribution in [2.75, 3.05) is 7.11 Å². The van der Waals surface area contributed by atoms with Crippen LogP contribution in [0.2, 0.25) is 0 Å². The summed E-state index contributed by atoms with van der Waals surface area (Å²) in [5.41, 5.74) is 7.87. The van der Waals surface area contributed by atoms with E-state index in [0.717, 1.165) is 16.5 Å². The molecule has 0 saturated heterocycles. The highest BCUT2D eigenvalue weighted by Gasteiger charge is 2.12. The highest BCUT2D eigenvalue weighted by Crippen LogP contribution is 2.20. The molecule has 2 aromatic rings. The van der Waals surface area contributed by atoms with E-state index in [-0.39, 0.29) is 18.4 Å². The van der Waals surface area contributed by atoms with Crippen molar-refractivity contribution in [3.63, 3.8) is 0 Å². The number of aromatic amines is 1. The highest BCUT2D eigenvalue weighted by atomic mass is 16.5. The van der Waals surface area contributed by atoms with Gasteiger partial charge in [0.1, 0.15) is 0 Å². The van der Waals surface area contributed by atoms with Crippen LogP contribution in [0.3, 0.4) is 0 Å². The highest BCUT2D eigenvalue weighted by molar-refractivity contribution is 5.80. The van der Waals surface area contributed by atoms with Crippen LogP contribution in [0.15, 0.2) is 30.5 Å². The molecule has 0 amide bonds. The van der Waals surface area contributed by atoms with Gasteiger partial charge in [-0.1, -0.05) is 12.1 Å². The maximum atomic E-state index is 11.1. The molecule has 0 aliphatic rings. The maximum absolute atomic E-state index is 11.1. The number of benzene rings is 1. The van der Waals surface area contributed by atoms with Crippen LogP contribution in [0.5, 0.6) is 0 Å². The molecule has 2 rings (SSSR count). The fraction of sp³-hybridized carbons (Fsp3) is 0.250. The minimum Gasteiger partial charge on any atom is -0.469 e. The Morgan fingerprint density at radius 1 is 1.50 bits per heavy atom. The standard InChI is InChI=1S/C12H14N2O2/c1-16-12(15)7-10(13)9-3-2-8-4-5-14-11(8)6-9/h2-6,10,14H,7,13H2,1H3/t10-/m1/s1. The zero-order chi connectivity index (χ0) is 11.5. The minimum absolute atomic E-state index is 0.197. The Kier molecular flexibility index (Phi) is 2.92. The van der Waals surface area contributed by atoms with Gasteiger partial charge in [0.15, 0.2) is 0 Å². The lowest BCUT2D eigenvalue weighted by Gasteiger charge is -2.10. The average Bonchev–Trinajstić information content (AvgIpc) is 2.75. The normalized spacial score (nSPS) is 12.6. The predicted octanol–water partition coefficient (Wildman–Crippen LogP) is 1.73. The Balaban J connectivity index is 2.22. The molecule has 4 heteroatoms. The van der Waals surface area contributed by atoms with E-state index in [9.17, 15) is 4.79 Å². The summed E-state index contributed by atoms with van der Waals surface area (Å²) < 4.78 is 4.59. The Hall–Kier alpha value is -1.81. The van der Waals surface area contributed by atoms with Gasteiger partial charge in [-0.2, -0.15) is 0 Å². The Morgan fingerprint density at radius 2 is 2.31 bits per heavy atom. The lowest BCUT2D eigenvalue weighted by atomic mass is 10.0. The zero-order valence-electron chi connectivity index (χ0n) is 9.07. The van der Waals surface area contributed by atoms with E-state index in [0.29, 0.717) is 0 Å². The third-order valence-electron chi connectivity index (χ3n) is 2.62. The van der Waals surface area contributed by atoms with Crippen molar-refractivity contribution in [3.05, 3.63) is 36.0 Å². The van der Waals surface area contributed by atoms with E-state index in [2.05, 4.69) is 9.72 Å². The largest absolute Gasteiger partial charge is 0.469 e. The summed E-state index contributed by atoms with van der Waals surface area (Å²) in [6.07, 6.45) is 2.07. The van der Waals surface area contributed by atoms with E-state index < -0.39 is 0 Å². The topological polar surface area (TPSA) is 68.1 Å². The number of methoxy groups -OCH3 is 1. The number of fused-ring (bicyclic) bond motifs is 1. The Morgan fingerprint density at radius 3 is 3.06 bits per heavy atom. The second kappa shape index (κ2) is 4.37. The minimum atomic E-state index is -0.319. The van der Waals surface area contributed by atoms with Gasteiger partial charge in [-0.15, -0.1) is 0 Å². The molecule has 0 fully saturated rings. The third kappa shape index (κ3) is 2.06. The molecule has 0 bridgehead atoms. The molecular weight excluding hydrogens is 204 g/mol. The Labute approximate surface area is 93.4 Å². The van der Waals surface area contributed by atoms with Crippen LogP contribution in [0, 0.1) is 0 Å². The van der Waals surface area contributed by atoms with Gasteiger partial charge >= 0.3 is 5.97 Å². The van der Waals surface area contributed by atoms with E-state index in [1.165, 1.54) is 7.11 Å². The number of nitrogens with one attached hydrogen (secondary N) is 1. The van der Waals surface area contributed by atoms with Crippen molar-refractivity contribution in [1.82, 2.24) is 4.98 Å². The molecule has 1 heterocycles. The summed E-state index contributed by atoms with van der Waals surface area (Å²) in [5, 5.41) is 1.13. The number of esters is 1. The fourth-order valence-electron chi connectivity index (χ4n) is 1.68. The first-order chi connectivity index (χ1) is 7.70. The van der Waals surface area contributed by atoms with Gasteiger partial charge in [-0.05, 0) is 23.1 Å². The summed E-state index contributed by atoms with van der Waals surface area (Å²) in [7, 11) is 1.36. The molecule has 1 aromatic carbocycles. The molecule has 1 aromatic heterocycles. The molecule has 16 heavy (non-hydrogen) atoms. The van der Waals surface area contributed by atoms with Gasteiger partial charge in [0, 0.05) is 17.8 Å². The monoisotopic (exact) mass is 218 g/mol. The van der Waals surface area contributed by atoms with Crippen LogP contribution in [0.25, 0.3) is 10.9 Å². The number of hydrogen-bond acceptors (Lipinski definition) is 3. The van der Waals surface area contributed by atoms with Crippen LogP contribution in [-0.4, -0.2) is 18.1 Å². The van der Waals surface area contributed by atoms with Crippen LogP contribution in [-0.2, 0) is 9.53 Å². The molecule has 3 N–H and O–H groups in total. The van der Waals surface area contributed by atoms with Crippen LogP contribution < -0.4 is 5.73 Å². The van der Waals surface area contributed by atoms with Crippen LogP contribution >= 0.6 is 0 Å². The van der Waals surface area contributed by atoms with E-state index in [1.807, 2.05) is 30.5 Å². The van der Waals surface area contributed by atoms with Gasteiger partial charge in [0.2, 0.25) is 0 Å². The van der Waals surface area contributed by atoms with Gasteiger partial charge in [0.25, 0.3) is 0 Å². The molecule has 0 aliphatic carbocycles. The quantitative estimate of drug-likeness (QED) is 0.771. The van der Waals surface area contributed by atoms with Crippen molar-refractivity contribution in [3.8, 4) is 0 Å². The van der Waals surface area contributed by atoms with Crippen molar-refractivity contribution in [1.29, 1.82) is 0 Å². The molecule has 4 nitrogen and oxygen atoms in total. The first-order valence-corrected chi connectivity index (χ1v) is 5.10. The lowest BCUT2D eigenvalue weighted by molar-refractivity contribution is -0.141. The second-order valence-corrected chi connectivity index (χ2v) is 3.71. The van der Waals surface area contributed by atoms with Crippen molar-refractivity contribution >= 4 is 16.9 Å². The van der Waals surface area contributed by atoms with Gasteiger partial charge in [-0.25, -0.2) is 0 Å². The van der Waals surface area contributed by atoms with E-state index in [4.69, 9.17) is 5.73 Å². The van der Waals surface area contributed by atoms with Crippen LogP contribution in [0.1, 0.15) is 18.0 Å². The fourth-order valence-corrected chi connectivity index (χ4v) is 1.68. The summed E-state index contributed by atoms with van der Waals surface area (Å²) in [6, 6.07) is 7.55. The molecule has 84 valence electrons. The number of nitrogens with two attached hydrogens (primary N) is 1.